The number of nitrogen functional groups attached to an aromatic ring is 1. The fourth-order valence-corrected chi connectivity index (χ4v) is 1.87. The van der Waals surface area contributed by atoms with Gasteiger partial charge in [-0.15, -0.1) is 0 Å². The van der Waals surface area contributed by atoms with Gasteiger partial charge < -0.3 is 10.8 Å². The van der Waals surface area contributed by atoms with Crippen LogP contribution in [-0.4, -0.2) is 10.1 Å². The number of nitrogens with two attached hydrogens (primary N) is 1. The summed E-state index contributed by atoms with van der Waals surface area (Å²) in [5, 5.41) is 10.4. The molecule has 0 amide bonds. The number of aryl methyl sites for hydroxylation is 1. The lowest BCUT2D eigenvalue weighted by atomic mass is 10.0. The molecule has 1 unspecified atom stereocenters. The third-order valence-electron chi connectivity index (χ3n) is 2.64. The summed E-state index contributed by atoms with van der Waals surface area (Å²) in [6, 6.07) is 5.79. The average Bonchev–Trinajstić information content (AvgIpc) is 2.31. The molecule has 0 fully saturated rings. The Morgan fingerprint density at radius 3 is 2.72 bits per heavy atom. The molecule has 5 heteroatoms. The van der Waals surface area contributed by atoms with Crippen molar-refractivity contribution in [1.29, 1.82) is 0 Å². The highest BCUT2D eigenvalue weighted by Gasteiger charge is 2.18. The summed E-state index contributed by atoms with van der Waals surface area (Å²) in [6.07, 6.45) is 0.429. The normalized spacial score (nSPS) is 12.4. The molecule has 1 heterocycles. The van der Waals surface area contributed by atoms with E-state index in [2.05, 4.69) is 4.98 Å². The lowest BCUT2D eigenvalue weighted by Gasteiger charge is -2.14. The Labute approximate surface area is 109 Å². The van der Waals surface area contributed by atoms with Crippen molar-refractivity contribution in [3.05, 3.63) is 58.0 Å². The zero-order chi connectivity index (χ0) is 13.3. The van der Waals surface area contributed by atoms with Crippen LogP contribution in [0.5, 0.6) is 0 Å². The standard InChI is InChI=1S/C13H12ClFN2O/c1-7-4-10(13(16)17-6-7)12(18)9-3-2-8(14)5-11(9)15/h2-6,12,18H,1H3,(H2,16,17). The smallest absolute Gasteiger partial charge is 0.130 e. The van der Waals surface area contributed by atoms with Gasteiger partial charge in [0.25, 0.3) is 0 Å². The number of hydrogen-bond acceptors (Lipinski definition) is 3. The van der Waals surface area contributed by atoms with Crippen molar-refractivity contribution in [2.45, 2.75) is 13.0 Å². The predicted octanol–water partition coefficient (Wildman–Crippen LogP) is 2.85. The molecular formula is C13H12ClFN2O. The number of nitrogens with zero attached hydrogens (tertiary/aromatic N) is 1. The monoisotopic (exact) mass is 266 g/mol. The maximum atomic E-state index is 13.7. The molecular weight excluding hydrogens is 255 g/mol. The Bertz CT molecular complexity index is 589. The van der Waals surface area contributed by atoms with E-state index in [0.717, 1.165) is 11.6 Å². The highest BCUT2D eigenvalue weighted by molar-refractivity contribution is 6.30. The van der Waals surface area contributed by atoms with E-state index in [4.69, 9.17) is 17.3 Å². The highest BCUT2D eigenvalue weighted by atomic mass is 35.5. The second-order valence-electron chi connectivity index (χ2n) is 4.06. The summed E-state index contributed by atoms with van der Waals surface area (Å²) in [4.78, 5) is 3.94. The van der Waals surface area contributed by atoms with Crippen LogP contribution >= 0.6 is 11.6 Å². The molecule has 1 aromatic heterocycles. The largest absolute Gasteiger partial charge is 0.383 e. The lowest BCUT2D eigenvalue weighted by molar-refractivity contribution is 0.215. The quantitative estimate of drug-likeness (QED) is 0.879. The maximum Gasteiger partial charge on any atom is 0.130 e. The van der Waals surface area contributed by atoms with Gasteiger partial charge in [-0.1, -0.05) is 17.7 Å². The fraction of sp³-hybridized carbons (Fsp3) is 0.154. The Kier molecular flexibility index (Phi) is 3.50. The van der Waals surface area contributed by atoms with Gasteiger partial charge in [0.2, 0.25) is 0 Å². The first-order chi connectivity index (χ1) is 8.49. The van der Waals surface area contributed by atoms with Gasteiger partial charge in [-0.2, -0.15) is 0 Å². The Morgan fingerprint density at radius 2 is 2.06 bits per heavy atom. The van der Waals surface area contributed by atoms with E-state index in [9.17, 15) is 9.50 Å². The summed E-state index contributed by atoms with van der Waals surface area (Å²) >= 11 is 5.67. The minimum atomic E-state index is -1.16. The van der Waals surface area contributed by atoms with Crippen LogP contribution in [0.1, 0.15) is 22.8 Å². The number of pyridine rings is 1. The van der Waals surface area contributed by atoms with Gasteiger partial charge in [-0.05, 0) is 30.7 Å². The van der Waals surface area contributed by atoms with Crippen LogP contribution in [0.4, 0.5) is 10.2 Å². The van der Waals surface area contributed by atoms with Crippen molar-refractivity contribution in [2.75, 3.05) is 5.73 Å². The van der Waals surface area contributed by atoms with Crippen LogP contribution in [-0.2, 0) is 0 Å². The van der Waals surface area contributed by atoms with E-state index in [1.165, 1.54) is 12.1 Å². The molecule has 0 aliphatic carbocycles. The summed E-state index contributed by atoms with van der Waals surface area (Å²) in [7, 11) is 0. The van der Waals surface area contributed by atoms with E-state index in [1.807, 2.05) is 6.92 Å². The summed E-state index contributed by atoms with van der Waals surface area (Å²) in [6.45, 7) is 1.82. The number of anilines is 1. The van der Waals surface area contributed by atoms with Gasteiger partial charge >= 0.3 is 0 Å². The van der Waals surface area contributed by atoms with Crippen LogP contribution in [0.25, 0.3) is 0 Å². The third-order valence-corrected chi connectivity index (χ3v) is 2.87. The number of aromatic nitrogens is 1. The van der Waals surface area contributed by atoms with Crippen molar-refractivity contribution < 1.29 is 9.50 Å². The molecule has 0 bridgehead atoms. The van der Waals surface area contributed by atoms with Gasteiger partial charge in [0.1, 0.15) is 17.7 Å². The summed E-state index contributed by atoms with van der Waals surface area (Å²) < 4.78 is 13.7. The van der Waals surface area contributed by atoms with Crippen molar-refractivity contribution in [2.24, 2.45) is 0 Å². The molecule has 0 radical (unpaired) electrons. The van der Waals surface area contributed by atoms with Crippen LogP contribution in [0.15, 0.2) is 30.5 Å². The van der Waals surface area contributed by atoms with Crippen molar-refractivity contribution in [1.82, 2.24) is 4.98 Å². The Balaban J connectivity index is 2.47. The maximum absolute atomic E-state index is 13.7. The van der Waals surface area contributed by atoms with Gasteiger partial charge in [0, 0.05) is 22.3 Å². The van der Waals surface area contributed by atoms with E-state index in [-0.39, 0.29) is 16.4 Å². The Morgan fingerprint density at radius 1 is 1.33 bits per heavy atom. The Hall–Kier alpha value is -1.65. The van der Waals surface area contributed by atoms with Crippen molar-refractivity contribution in [3.8, 4) is 0 Å². The first kappa shape index (κ1) is 12.8. The van der Waals surface area contributed by atoms with Gasteiger partial charge in [0.05, 0.1) is 0 Å². The van der Waals surface area contributed by atoms with Crippen LogP contribution < -0.4 is 5.73 Å². The number of rotatable bonds is 2. The number of aliphatic hydroxyl groups excluding tert-OH is 1. The molecule has 0 spiro atoms. The molecule has 0 aliphatic heterocycles. The van der Waals surface area contributed by atoms with Crippen molar-refractivity contribution >= 4 is 17.4 Å². The molecule has 0 saturated heterocycles. The average molecular weight is 267 g/mol. The molecule has 1 atom stereocenters. The van der Waals surface area contributed by atoms with E-state index < -0.39 is 11.9 Å². The number of aliphatic hydroxyl groups is 1. The minimum absolute atomic E-state index is 0.124. The van der Waals surface area contributed by atoms with E-state index in [0.29, 0.717) is 5.56 Å². The molecule has 0 saturated carbocycles. The number of halogens is 2. The second kappa shape index (κ2) is 4.92. The number of benzene rings is 1. The molecule has 18 heavy (non-hydrogen) atoms. The zero-order valence-electron chi connectivity index (χ0n) is 9.69. The SMILES string of the molecule is Cc1cnc(N)c(C(O)c2ccc(Cl)cc2F)c1. The molecule has 94 valence electrons. The number of hydrogen-bond donors (Lipinski definition) is 2. The van der Waals surface area contributed by atoms with Crippen LogP contribution in [0.3, 0.4) is 0 Å². The van der Waals surface area contributed by atoms with Gasteiger partial charge in [-0.25, -0.2) is 9.37 Å². The van der Waals surface area contributed by atoms with E-state index in [1.54, 1.807) is 12.3 Å². The second-order valence-corrected chi connectivity index (χ2v) is 4.49. The molecule has 3 nitrogen and oxygen atoms in total. The first-order valence-electron chi connectivity index (χ1n) is 5.34. The van der Waals surface area contributed by atoms with Crippen LogP contribution in [0.2, 0.25) is 5.02 Å². The molecule has 0 aliphatic rings. The molecule has 3 N–H and O–H groups in total. The van der Waals surface area contributed by atoms with E-state index >= 15 is 0 Å². The molecule has 2 aromatic rings. The first-order valence-corrected chi connectivity index (χ1v) is 5.72. The van der Waals surface area contributed by atoms with Gasteiger partial charge in [0.15, 0.2) is 0 Å². The lowest BCUT2D eigenvalue weighted by Crippen LogP contribution is -2.07. The van der Waals surface area contributed by atoms with Crippen molar-refractivity contribution in [3.63, 3.8) is 0 Å². The zero-order valence-corrected chi connectivity index (χ0v) is 10.4. The molecule has 1 aromatic carbocycles. The minimum Gasteiger partial charge on any atom is -0.383 e. The predicted molar refractivity (Wildman–Crippen MR) is 68.9 cm³/mol. The summed E-state index contributed by atoms with van der Waals surface area (Å²) in [5.41, 5.74) is 7.04. The topological polar surface area (TPSA) is 59.1 Å². The molecule has 2 rings (SSSR count). The highest BCUT2D eigenvalue weighted by Crippen LogP contribution is 2.29. The van der Waals surface area contributed by atoms with Crippen LogP contribution in [0, 0.1) is 12.7 Å². The van der Waals surface area contributed by atoms with Gasteiger partial charge in [-0.3, -0.25) is 0 Å². The third kappa shape index (κ3) is 2.44. The fourth-order valence-electron chi connectivity index (χ4n) is 1.71. The summed E-state index contributed by atoms with van der Waals surface area (Å²) in [5.74, 6) is -0.390.